The zero-order valence-electron chi connectivity index (χ0n) is 15.8. The standard InChI is InChI=1S/C19H16N2O7S2/c1-12-3-7-16-14(9-12)5-6-15(20(16)29(22,23)24)11-19-21(30(25,26)27)17-10-13(2)4-8-18(17)28-19/h3-11H,1-2H3,(H-,22,23,24,25,26,27)/p-1. The fourth-order valence-corrected chi connectivity index (χ4v) is 4.79. The quantitative estimate of drug-likeness (QED) is 0.441. The van der Waals surface area contributed by atoms with E-state index in [2.05, 4.69) is 0 Å². The highest BCUT2D eigenvalue weighted by atomic mass is 32.2. The first kappa shape index (κ1) is 20.3. The van der Waals surface area contributed by atoms with Crippen LogP contribution in [-0.2, 0) is 20.6 Å². The summed E-state index contributed by atoms with van der Waals surface area (Å²) in [7, 11) is -10.1. The van der Waals surface area contributed by atoms with Gasteiger partial charge in [-0.1, -0.05) is 21.7 Å². The molecule has 30 heavy (non-hydrogen) atoms. The molecule has 0 radical (unpaired) electrons. The lowest BCUT2D eigenvalue weighted by molar-refractivity contribution is -0.492. The molecule has 0 atom stereocenters. The molecule has 0 N–H and O–H groups in total. The third-order valence-electron chi connectivity index (χ3n) is 4.54. The number of aryl methyl sites for hydroxylation is 2. The number of aromatic nitrogens is 1. The molecule has 1 aliphatic heterocycles. The number of hydrogen-bond donors (Lipinski definition) is 0. The predicted octanol–water partition coefficient (Wildman–Crippen LogP) is 1.71. The molecule has 11 heteroatoms. The first-order chi connectivity index (χ1) is 13.9. The van der Waals surface area contributed by atoms with Crippen molar-refractivity contribution >= 4 is 43.3 Å². The highest BCUT2D eigenvalue weighted by Gasteiger charge is 2.33. The molecule has 0 saturated carbocycles. The number of anilines is 1. The number of rotatable bonds is 3. The molecule has 2 heterocycles. The van der Waals surface area contributed by atoms with Crippen molar-refractivity contribution in [2.75, 3.05) is 4.31 Å². The van der Waals surface area contributed by atoms with Crippen molar-refractivity contribution in [2.24, 2.45) is 0 Å². The summed E-state index contributed by atoms with van der Waals surface area (Å²) in [6.07, 6.45) is 1.03. The number of pyridine rings is 1. The van der Waals surface area contributed by atoms with Crippen LogP contribution in [0.15, 0.2) is 54.4 Å². The van der Waals surface area contributed by atoms with Gasteiger partial charge >= 0.3 is 10.3 Å². The maximum atomic E-state index is 12.0. The summed E-state index contributed by atoms with van der Waals surface area (Å²) in [5.74, 6) is -0.325. The third kappa shape index (κ3) is 3.52. The van der Waals surface area contributed by atoms with Crippen LogP contribution in [0.1, 0.15) is 16.8 Å². The van der Waals surface area contributed by atoms with Crippen LogP contribution in [-0.4, -0.2) is 25.9 Å². The van der Waals surface area contributed by atoms with E-state index in [0.29, 0.717) is 19.2 Å². The van der Waals surface area contributed by atoms with E-state index in [1.54, 1.807) is 31.2 Å². The number of benzene rings is 2. The van der Waals surface area contributed by atoms with Crippen LogP contribution in [0.3, 0.4) is 0 Å². The van der Waals surface area contributed by atoms with E-state index in [-0.39, 0.29) is 22.6 Å². The van der Waals surface area contributed by atoms with Crippen LogP contribution in [0.4, 0.5) is 5.69 Å². The summed E-state index contributed by atoms with van der Waals surface area (Å²) >= 11 is 0. The van der Waals surface area contributed by atoms with Crippen molar-refractivity contribution in [3.8, 4) is 5.75 Å². The van der Waals surface area contributed by atoms with E-state index >= 15 is 0 Å². The van der Waals surface area contributed by atoms with Crippen LogP contribution in [0.2, 0.25) is 0 Å². The van der Waals surface area contributed by atoms with Gasteiger partial charge in [0.25, 0.3) is 0 Å². The van der Waals surface area contributed by atoms with Gasteiger partial charge in [-0.3, -0.25) is 0 Å². The Bertz CT molecular complexity index is 1450. The minimum absolute atomic E-state index is 0.00388. The minimum atomic E-state index is -5.05. The van der Waals surface area contributed by atoms with Crippen molar-refractivity contribution in [1.29, 1.82) is 0 Å². The van der Waals surface area contributed by atoms with Crippen LogP contribution in [0, 0.1) is 13.8 Å². The van der Waals surface area contributed by atoms with Gasteiger partial charge in [-0.05, 0) is 43.7 Å². The van der Waals surface area contributed by atoms with Gasteiger partial charge in [0.2, 0.25) is 17.1 Å². The monoisotopic (exact) mass is 447 g/mol. The van der Waals surface area contributed by atoms with Crippen molar-refractivity contribution < 1.29 is 34.7 Å². The minimum Gasteiger partial charge on any atom is -0.730 e. The predicted molar refractivity (Wildman–Crippen MR) is 106 cm³/mol. The fourth-order valence-electron chi connectivity index (χ4n) is 3.32. The second-order valence-corrected chi connectivity index (χ2v) is 9.26. The second-order valence-electron chi connectivity index (χ2n) is 6.82. The Labute approximate surface area is 173 Å². The van der Waals surface area contributed by atoms with E-state index in [0.717, 1.165) is 11.6 Å². The molecule has 0 saturated heterocycles. The van der Waals surface area contributed by atoms with Crippen LogP contribution in [0.5, 0.6) is 5.75 Å². The SMILES string of the molecule is Cc1ccc2c(c1)N(S(=O)(=O)[O-])/C(=C/c1ccc3cc(C)ccc3[n+]1S(=O)(=O)[O-])O2. The summed E-state index contributed by atoms with van der Waals surface area (Å²) in [5, 5.41) is 0.496. The lowest BCUT2D eigenvalue weighted by Gasteiger charge is -2.21. The number of fused-ring (bicyclic) bond motifs is 2. The number of hydrogen-bond acceptors (Lipinski definition) is 7. The molecule has 0 bridgehead atoms. The maximum absolute atomic E-state index is 12.0. The molecule has 3 aromatic rings. The molecule has 9 nitrogen and oxygen atoms in total. The van der Waals surface area contributed by atoms with E-state index < -0.39 is 26.5 Å². The Morgan fingerprint density at radius 2 is 1.60 bits per heavy atom. The van der Waals surface area contributed by atoms with Crippen molar-refractivity contribution in [2.45, 2.75) is 13.8 Å². The van der Waals surface area contributed by atoms with Gasteiger partial charge in [0, 0.05) is 17.5 Å². The molecule has 156 valence electrons. The third-order valence-corrected chi connectivity index (χ3v) is 6.22. The van der Waals surface area contributed by atoms with E-state index in [9.17, 15) is 25.9 Å². The molecule has 1 aliphatic rings. The summed E-state index contributed by atoms with van der Waals surface area (Å²) in [5.41, 5.74) is 1.48. The molecule has 0 spiro atoms. The molecule has 4 rings (SSSR count). The molecular formula is C19H15N2O7S2-. The van der Waals surface area contributed by atoms with Gasteiger partial charge in [0.15, 0.2) is 16.1 Å². The number of ether oxygens (including phenoxy) is 1. The molecule has 0 fully saturated rings. The average Bonchev–Trinajstić information content (AvgIpc) is 2.97. The Kier molecular flexibility index (Phi) is 4.58. The van der Waals surface area contributed by atoms with Gasteiger partial charge in [-0.2, -0.15) is 8.42 Å². The lowest BCUT2D eigenvalue weighted by atomic mass is 10.1. The van der Waals surface area contributed by atoms with Crippen LogP contribution in [0.25, 0.3) is 17.0 Å². The van der Waals surface area contributed by atoms with E-state index in [1.807, 2.05) is 6.92 Å². The zero-order valence-corrected chi connectivity index (χ0v) is 17.4. The molecule has 0 unspecified atom stereocenters. The molecule has 0 amide bonds. The van der Waals surface area contributed by atoms with Gasteiger partial charge in [-0.15, -0.1) is 0 Å². The largest absolute Gasteiger partial charge is 0.730 e. The Morgan fingerprint density at radius 3 is 2.27 bits per heavy atom. The first-order valence-corrected chi connectivity index (χ1v) is 11.4. The lowest BCUT2D eigenvalue weighted by Crippen LogP contribution is -2.46. The van der Waals surface area contributed by atoms with Crippen molar-refractivity contribution in [3.05, 3.63) is 71.2 Å². The Hall–Kier alpha value is -2.99. The molecule has 1 aromatic heterocycles. The van der Waals surface area contributed by atoms with Gasteiger partial charge in [0.05, 0.1) is 6.08 Å². The highest BCUT2D eigenvalue weighted by molar-refractivity contribution is 7.87. The van der Waals surface area contributed by atoms with Crippen LogP contribution >= 0.6 is 0 Å². The van der Waals surface area contributed by atoms with E-state index in [1.165, 1.54) is 24.3 Å². The smallest absolute Gasteiger partial charge is 0.330 e. The summed E-state index contributed by atoms with van der Waals surface area (Å²) in [6, 6.07) is 12.3. The summed E-state index contributed by atoms with van der Waals surface area (Å²) in [4.78, 5) is 0. The van der Waals surface area contributed by atoms with Crippen LogP contribution < -0.4 is 13.0 Å². The van der Waals surface area contributed by atoms with Gasteiger partial charge < -0.3 is 13.8 Å². The van der Waals surface area contributed by atoms with Crippen molar-refractivity contribution in [3.63, 3.8) is 0 Å². The normalized spacial score (nSPS) is 15.5. The van der Waals surface area contributed by atoms with Gasteiger partial charge in [-0.25, -0.2) is 12.7 Å². The second kappa shape index (κ2) is 6.77. The average molecular weight is 447 g/mol. The highest BCUT2D eigenvalue weighted by Crippen LogP contribution is 2.41. The number of nitrogens with zero attached hydrogens (tertiary/aromatic N) is 2. The first-order valence-electron chi connectivity index (χ1n) is 8.63. The molecule has 0 aliphatic carbocycles. The Morgan fingerprint density at radius 1 is 0.933 bits per heavy atom. The van der Waals surface area contributed by atoms with Gasteiger partial charge in [0.1, 0.15) is 5.69 Å². The van der Waals surface area contributed by atoms with Crippen molar-refractivity contribution in [1.82, 2.24) is 0 Å². The molecule has 2 aromatic carbocycles. The zero-order chi connectivity index (χ0) is 21.8. The van der Waals surface area contributed by atoms with E-state index in [4.69, 9.17) is 4.74 Å². The maximum Gasteiger partial charge on any atom is 0.330 e. The summed E-state index contributed by atoms with van der Waals surface area (Å²) < 4.78 is 78.2. The fraction of sp³-hybridized carbons (Fsp3) is 0.105. The topological polar surface area (TPSA) is 131 Å². The molecular weight excluding hydrogens is 432 g/mol. The summed E-state index contributed by atoms with van der Waals surface area (Å²) in [6.45, 7) is 3.52. The Balaban J connectivity index is 1.98.